The molecule has 0 spiro atoms. The van der Waals surface area contributed by atoms with Crippen molar-refractivity contribution in [2.45, 2.75) is 41.5 Å². The van der Waals surface area contributed by atoms with E-state index in [9.17, 15) is 0 Å². The lowest BCUT2D eigenvalue weighted by Crippen LogP contribution is -1.72. The maximum atomic E-state index is 3.76. The van der Waals surface area contributed by atoms with Gasteiger partial charge in [0.25, 0.3) is 0 Å². The van der Waals surface area contributed by atoms with Crippen molar-refractivity contribution >= 4 is 0 Å². The SMILES string of the molecule is C=C(C)C.C=C(C)C.C=C/C=C(/C)C(=C)C. The van der Waals surface area contributed by atoms with Gasteiger partial charge in [0.2, 0.25) is 0 Å². The topological polar surface area (TPSA) is 0 Å². The smallest absolute Gasteiger partial charge is 0.0395 e. The van der Waals surface area contributed by atoms with E-state index in [1.807, 2.05) is 47.6 Å². The first-order chi connectivity index (χ1) is 7.14. The Morgan fingerprint density at radius 2 is 1.00 bits per heavy atom. The third kappa shape index (κ3) is 53.5. The van der Waals surface area contributed by atoms with E-state index in [0.717, 1.165) is 5.57 Å². The second-order valence-corrected chi connectivity index (χ2v) is 4.28. The highest BCUT2D eigenvalue weighted by molar-refractivity contribution is 5.26. The Bertz CT molecular complexity index is 242. The zero-order valence-corrected chi connectivity index (χ0v) is 12.0. The second kappa shape index (κ2) is 13.7. The van der Waals surface area contributed by atoms with Crippen molar-refractivity contribution in [3.8, 4) is 0 Å². The van der Waals surface area contributed by atoms with Crippen LogP contribution in [0.25, 0.3) is 0 Å². The summed E-state index contributed by atoms with van der Waals surface area (Å²) < 4.78 is 0. The summed E-state index contributed by atoms with van der Waals surface area (Å²) in [5, 5.41) is 0. The third-order valence-electron chi connectivity index (χ3n) is 1.04. The van der Waals surface area contributed by atoms with Gasteiger partial charge in [-0.25, -0.2) is 0 Å². The average molecular weight is 220 g/mol. The molecule has 0 aromatic carbocycles. The lowest BCUT2D eigenvalue weighted by atomic mass is 10.1. The minimum Gasteiger partial charge on any atom is -0.100 e. The highest BCUT2D eigenvalue weighted by Crippen LogP contribution is 2.03. The molecule has 0 aliphatic carbocycles. The van der Waals surface area contributed by atoms with Crippen LogP contribution in [0.1, 0.15) is 41.5 Å². The van der Waals surface area contributed by atoms with Gasteiger partial charge in [-0.15, -0.1) is 13.2 Å². The minimum atomic E-state index is 1.10. The van der Waals surface area contributed by atoms with Crippen LogP contribution in [-0.4, -0.2) is 0 Å². The lowest BCUT2D eigenvalue weighted by Gasteiger charge is -1.92. The van der Waals surface area contributed by atoms with Gasteiger partial charge in [0.05, 0.1) is 0 Å². The molecule has 0 aliphatic rings. The predicted molar refractivity (Wildman–Crippen MR) is 79.7 cm³/mol. The first-order valence-corrected chi connectivity index (χ1v) is 5.34. The molecule has 0 heterocycles. The molecule has 16 heavy (non-hydrogen) atoms. The van der Waals surface area contributed by atoms with Crippen LogP contribution in [0.5, 0.6) is 0 Å². The van der Waals surface area contributed by atoms with Gasteiger partial charge in [0.1, 0.15) is 0 Å². The Morgan fingerprint density at radius 1 is 0.750 bits per heavy atom. The van der Waals surface area contributed by atoms with E-state index in [1.54, 1.807) is 6.08 Å². The van der Waals surface area contributed by atoms with Gasteiger partial charge in [-0.3, -0.25) is 0 Å². The van der Waals surface area contributed by atoms with Crippen molar-refractivity contribution in [3.05, 3.63) is 60.8 Å². The van der Waals surface area contributed by atoms with E-state index in [4.69, 9.17) is 0 Å². The van der Waals surface area contributed by atoms with E-state index in [0.29, 0.717) is 0 Å². The molecule has 0 heteroatoms. The maximum Gasteiger partial charge on any atom is -0.0395 e. The summed E-state index contributed by atoms with van der Waals surface area (Å²) >= 11 is 0. The third-order valence-corrected chi connectivity index (χ3v) is 1.04. The molecule has 0 fully saturated rings. The number of allylic oxidation sites excluding steroid dienone is 6. The van der Waals surface area contributed by atoms with Crippen molar-refractivity contribution in [2.75, 3.05) is 0 Å². The van der Waals surface area contributed by atoms with Crippen LogP contribution in [0, 0.1) is 0 Å². The lowest BCUT2D eigenvalue weighted by molar-refractivity contribution is 1.37. The van der Waals surface area contributed by atoms with Gasteiger partial charge in [0.15, 0.2) is 0 Å². The Labute approximate surface area is 103 Å². The molecule has 0 rings (SSSR count). The van der Waals surface area contributed by atoms with Crippen molar-refractivity contribution < 1.29 is 0 Å². The molecule has 0 N–H and O–H groups in total. The minimum absolute atomic E-state index is 1.10. The van der Waals surface area contributed by atoms with Gasteiger partial charge in [0, 0.05) is 0 Å². The predicted octanol–water partition coefficient (Wildman–Crippen LogP) is 5.86. The van der Waals surface area contributed by atoms with Crippen LogP contribution in [-0.2, 0) is 0 Å². The van der Waals surface area contributed by atoms with Crippen molar-refractivity contribution in [1.82, 2.24) is 0 Å². The van der Waals surface area contributed by atoms with E-state index >= 15 is 0 Å². The van der Waals surface area contributed by atoms with E-state index in [-0.39, 0.29) is 0 Å². The average Bonchev–Trinajstić information content (AvgIpc) is 2.02. The highest BCUT2D eigenvalue weighted by Gasteiger charge is 1.82. The Balaban J connectivity index is -0.000000179. The van der Waals surface area contributed by atoms with Crippen LogP contribution < -0.4 is 0 Å². The molecule has 0 saturated heterocycles. The number of hydrogen-bond donors (Lipinski definition) is 0. The fourth-order valence-electron chi connectivity index (χ4n) is 0.319. The van der Waals surface area contributed by atoms with E-state index in [2.05, 4.69) is 26.3 Å². The van der Waals surface area contributed by atoms with E-state index < -0.39 is 0 Å². The highest BCUT2D eigenvalue weighted by atomic mass is 13.9. The molecule has 0 atom stereocenters. The monoisotopic (exact) mass is 220 g/mol. The largest absolute Gasteiger partial charge is 0.100 e. The molecule has 0 aromatic heterocycles. The molecule has 0 bridgehead atoms. The zero-order chi connectivity index (χ0) is 13.7. The Morgan fingerprint density at radius 3 is 1.06 bits per heavy atom. The van der Waals surface area contributed by atoms with Crippen LogP contribution in [0.3, 0.4) is 0 Å². The molecule has 0 saturated carbocycles. The summed E-state index contributed by atoms with van der Waals surface area (Å²) in [6.45, 7) is 26.3. The zero-order valence-electron chi connectivity index (χ0n) is 12.0. The van der Waals surface area contributed by atoms with Gasteiger partial charge < -0.3 is 0 Å². The van der Waals surface area contributed by atoms with Crippen LogP contribution in [0.2, 0.25) is 0 Å². The Hall–Kier alpha value is -1.30. The summed E-state index contributed by atoms with van der Waals surface area (Å²) in [6.07, 6.45) is 3.71. The van der Waals surface area contributed by atoms with Crippen molar-refractivity contribution in [1.29, 1.82) is 0 Å². The summed E-state index contributed by atoms with van der Waals surface area (Å²) in [5.41, 5.74) is 4.63. The molecule has 0 aromatic rings. The van der Waals surface area contributed by atoms with Gasteiger partial charge in [-0.2, -0.15) is 0 Å². The maximum absolute atomic E-state index is 3.76. The summed E-state index contributed by atoms with van der Waals surface area (Å²) in [5.74, 6) is 0. The summed E-state index contributed by atoms with van der Waals surface area (Å²) in [6, 6.07) is 0. The van der Waals surface area contributed by atoms with Crippen molar-refractivity contribution in [3.63, 3.8) is 0 Å². The van der Waals surface area contributed by atoms with E-state index in [1.165, 1.54) is 16.7 Å². The molecule has 0 amide bonds. The number of rotatable bonds is 2. The van der Waals surface area contributed by atoms with Crippen molar-refractivity contribution in [2.24, 2.45) is 0 Å². The summed E-state index contributed by atoms with van der Waals surface area (Å²) in [7, 11) is 0. The fourth-order valence-corrected chi connectivity index (χ4v) is 0.319. The number of hydrogen-bond acceptors (Lipinski definition) is 0. The summed E-state index contributed by atoms with van der Waals surface area (Å²) in [4.78, 5) is 0. The first-order valence-electron chi connectivity index (χ1n) is 5.34. The quantitative estimate of drug-likeness (QED) is 0.404. The molecule has 92 valence electrons. The normalized spacial score (nSPS) is 8.75. The van der Waals surface area contributed by atoms with Crippen LogP contribution in [0.4, 0.5) is 0 Å². The molecule has 0 radical (unpaired) electrons. The van der Waals surface area contributed by atoms with Gasteiger partial charge in [-0.1, -0.05) is 42.0 Å². The van der Waals surface area contributed by atoms with Gasteiger partial charge >= 0.3 is 0 Å². The molecular formula is C16H28. The molecule has 0 nitrogen and oxygen atoms in total. The second-order valence-electron chi connectivity index (χ2n) is 4.28. The first kappa shape index (κ1) is 20.2. The van der Waals surface area contributed by atoms with Crippen LogP contribution in [0.15, 0.2) is 60.8 Å². The molecule has 0 aliphatic heterocycles. The van der Waals surface area contributed by atoms with Gasteiger partial charge in [-0.05, 0) is 47.1 Å². The Kier molecular flexibility index (Phi) is 17.3. The standard InChI is InChI=1S/C8H12.2C4H8/c1-5-6-8(4)7(2)3;2*1-4(2)3/h5-6H,1-2H2,3-4H3;2*1H2,2-3H3/b8-6-;;. The fraction of sp³-hybridized carbons (Fsp3) is 0.375. The molecular weight excluding hydrogens is 192 g/mol. The molecule has 0 unspecified atom stereocenters. The van der Waals surface area contributed by atoms with Crippen LogP contribution >= 0.6 is 0 Å².